The minimum atomic E-state index is -3.48. The third-order valence-corrected chi connectivity index (χ3v) is 5.43. The molecular formula is C16H25N5O5S. The van der Waals surface area contributed by atoms with E-state index >= 15 is 0 Å². The Bertz CT molecular complexity index is 843. The molecule has 0 aliphatic carbocycles. The maximum atomic E-state index is 12.4. The molecule has 150 valence electrons. The lowest BCUT2D eigenvalue weighted by atomic mass is 10.1. The summed E-state index contributed by atoms with van der Waals surface area (Å²) in [7, 11) is -3.48. The van der Waals surface area contributed by atoms with Crippen LogP contribution in [0.4, 0.5) is 5.82 Å². The van der Waals surface area contributed by atoms with Crippen LogP contribution in [0.3, 0.4) is 0 Å². The number of ether oxygens (including phenoxy) is 1. The van der Waals surface area contributed by atoms with Gasteiger partial charge in [0.05, 0.1) is 17.9 Å². The Morgan fingerprint density at radius 2 is 2.07 bits per heavy atom. The van der Waals surface area contributed by atoms with Crippen LogP contribution in [0.2, 0.25) is 0 Å². The van der Waals surface area contributed by atoms with Crippen LogP contribution in [0.5, 0.6) is 0 Å². The fourth-order valence-electron chi connectivity index (χ4n) is 3.24. The average Bonchev–Trinajstić information content (AvgIpc) is 2.57. The van der Waals surface area contributed by atoms with Crippen molar-refractivity contribution < 1.29 is 17.3 Å². The van der Waals surface area contributed by atoms with Crippen molar-refractivity contribution in [2.24, 2.45) is 0 Å². The summed E-state index contributed by atoms with van der Waals surface area (Å²) >= 11 is 0. The Morgan fingerprint density at radius 1 is 1.41 bits per heavy atom. The molecule has 3 heterocycles. The molecule has 3 rings (SSSR count). The fraction of sp³-hybridized carbons (Fsp3) is 0.688. The molecule has 11 heteroatoms. The lowest BCUT2D eigenvalue weighted by Gasteiger charge is -2.41. The number of nitrogens with zero attached hydrogens (tertiary/aromatic N) is 2. The van der Waals surface area contributed by atoms with E-state index in [1.54, 1.807) is 0 Å². The number of likely N-dealkylation sites (tertiary alicyclic amines) is 1. The van der Waals surface area contributed by atoms with Gasteiger partial charge in [-0.2, -0.15) is 8.42 Å². The highest BCUT2D eigenvalue weighted by atomic mass is 32.2. The SMILES string of the molecule is CC(c1nc(NC2CCOCC2)c(C=N)c(=O)[nH]1)N1CC(OS(C)(=O)=O)C1. The van der Waals surface area contributed by atoms with Gasteiger partial charge in [0, 0.05) is 38.6 Å². The van der Waals surface area contributed by atoms with Crippen molar-refractivity contribution in [1.82, 2.24) is 14.9 Å². The average molecular weight is 399 g/mol. The third-order valence-electron chi connectivity index (χ3n) is 4.81. The van der Waals surface area contributed by atoms with Gasteiger partial charge in [0.2, 0.25) is 0 Å². The quantitative estimate of drug-likeness (QED) is 0.433. The molecular weight excluding hydrogens is 374 g/mol. The summed E-state index contributed by atoms with van der Waals surface area (Å²) in [5, 5.41) is 10.8. The topological polar surface area (TPSA) is 137 Å². The Balaban J connectivity index is 1.73. The van der Waals surface area contributed by atoms with Crippen LogP contribution >= 0.6 is 0 Å². The number of anilines is 1. The van der Waals surface area contributed by atoms with Crippen LogP contribution in [0.15, 0.2) is 4.79 Å². The zero-order valence-electron chi connectivity index (χ0n) is 15.4. The molecule has 1 atom stereocenters. The van der Waals surface area contributed by atoms with Gasteiger partial charge in [-0.25, -0.2) is 4.98 Å². The van der Waals surface area contributed by atoms with Gasteiger partial charge < -0.3 is 20.4 Å². The Morgan fingerprint density at radius 3 is 2.67 bits per heavy atom. The van der Waals surface area contributed by atoms with Crippen LogP contribution < -0.4 is 10.9 Å². The highest BCUT2D eigenvalue weighted by Crippen LogP contribution is 2.26. The molecule has 0 bridgehead atoms. The van der Waals surface area contributed by atoms with Crippen molar-refractivity contribution in [3.63, 3.8) is 0 Å². The third kappa shape index (κ3) is 4.92. The maximum absolute atomic E-state index is 12.4. The minimum absolute atomic E-state index is 0.145. The summed E-state index contributed by atoms with van der Waals surface area (Å²) in [6.07, 6.45) is 3.28. The molecule has 2 fully saturated rings. The van der Waals surface area contributed by atoms with Crippen LogP contribution in [-0.4, -0.2) is 74.2 Å². The molecule has 0 amide bonds. The van der Waals surface area contributed by atoms with E-state index in [1.807, 2.05) is 11.8 Å². The van der Waals surface area contributed by atoms with E-state index in [9.17, 15) is 13.2 Å². The van der Waals surface area contributed by atoms with Crippen LogP contribution in [0.1, 0.15) is 37.2 Å². The first kappa shape index (κ1) is 19.9. The second-order valence-corrected chi connectivity index (χ2v) is 8.54. The summed E-state index contributed by atoms with van der Waals surface area (Å²) < 4.78 is 32.7. The van der Waals surface area contributed by atoms with Crippen molar-refractivity contribution in [1.29, 1.82) is 5.41 Å². The largest absolute Gasteiger partial charge is 0.381 e. The first-order valence-corrected chi connectivity index (χ1v) is 10.7. The van der Waals surface area contributed by atoms with Gasteiger partial charge in [0.25, 0.3) is 15.7 Å². The molecule has 1 unspecified atom stereocenters. The second-order valence-electron chi connectivity index (χ2n) is 6.94. The van der Waals surface area contributed by atoms with E-state index in [2.05, 4.69) is 15.3 Å². The minimum Gasteiger partial charge on any atom is -0.381 e. The number of H-pyrrole nitrogens is 1. The number of aromatic amines is 1. The van der Waals surface area contributed by atoms with Gasteiger partial charge in [-0.3, -0.25) is 13.9 Å². The summed E-state index contributed by atoms with van der Waals surface area (Å²) in [6.45, 7) is 4.07. The highest BCUT2D eigenvalue weighted by molar-refractivity contribution is 7.86. The van der Waals surface area contributed by atoms with E-state index in [1.165, 1.54) is 0 Å². The van der Waals surface area contributed by atoms with Crippen molar-refractivity contribution in [3.8, 4) is 0 Å². The maximum Gasteiger partial charge on any atom is 0.264 e. The lowest BCUT2D eigenvalue weighted by molar-refractivity contribution is -0.00320. The molecule has 2 aliphatic rings. The number of hydrogen-bond acceptors (Lipinski definition) is 9. The monoisotopic (exact) mass is 399 g/mol. The normalized spacial score (nSPS) is 20.8. The molecule has 0 saturated carbocycles. The number of aromatic nitrogens is 2. The molecule has 3 N–H and O–H groups in total. The Hall–Kier alpha value is -1.82. The van der Waals surface area contributed by atoms with E-state index in [-0.39, 0.29) is 29.3 Å². The van der Waals surface area contributed by atoms with Crippen molar-refractivity contribution >= 4 is 22.2 Å². The summed E-state index contributed by atoms with van der Waals surface area (Å²) in [6, 6.07) is -0.0708. The molecule has 0 aromatic carbocycles. The molecule has 1 aromatic rings. The van der Waals surface area contributed by atoms with Crippen LogP contribution in [0, 0.1) is 5.41 Å². The Labute approximate surface area is 157 Å². The van der Waals surface area contributed by atoms with Gasteiger partial charge >= 0.3 is 0 Å². The standard InChI is InChI=1S/C16H25N5O5S/c1-10(21-8-12(9-21)26-27(2,23)24)14-19-15(13(7-17)16(22)20-14)18-11-3-5-25-6-4-11/h7,10-12,17H,3-6,8-9H2,1-2H3,(H2,18,19,20,22). The molecule has 10 nitrogen and oxygen atoms in total. The van der Waals surface area contributed by atoms with Crippen LogP contribution in [-0.2, 0) is 19.0 Å². The molecule has 0 spiro atoms. The van der Waals surface area contributed by atoms with Gasteiger partial charge in [0.15, 0.2) is 0 Å². The van der Waals surface area contributed by atoms with E-state index in [0.717, 1.165) is 25.3 Å². The van der Waals surface area contributed by atoms with Crippen LogP contribution in [0.25, 0.3) is 0 Å². The molecule has 27 heavy (non-hydrogen) atoms. The predicted molar refractivity (Wildman–Crippen MR) is 99.9 cm³/mol. The summed E-state index contributed by atoms with van der Waals surface area (Å²) in [5.74, 6) is 0.866. The molecule has 2 aliphatic heterocycles. The molecule has 2 saturated heterocycles. The van der Waals surface area contributed by atoms with E-state index in [0.29, 0.717) is 37.9 Å². The lowest BCUT2D eigenvalue weighted by Crippen LogP contribution is -2.53. The first-order chi connectivity index (χ1) is 12.8. The van der Waals surface area contributed by atoms with E-state index < -0.39 is 10.1 Å². The summed E-state index contributed by atoms with van der Waals surface area (Å²) in [5.41, 5.74) is -0.180. The number of nitrogens with one attached hydrogen (secondary N) is 3. The number of rotatable bonds is 7. The van der Waals surface area contributed by atoms with Crippen molar-refractivity contribution in [2.75, 3.05) is 37.9 Å². The summed E-state index contributed by atoms with van der Waals surface area (Å²) in [4.78, 5) is 21.6. The molecule has 0 radical (unpaired) electrons. The number of hydrogen-bond donors (Lipinski definition) is 3. The van der Waals surface area contributed by atoms with Crippen molar-refractivity contribution in [3.05, 3.63) is 21.7 Å². The zero-order chi connectivity index (χ0) is 19.6. The van der Waals surface area contributed by atoms with Gasteiger partial charge in [-0.15, -0.1) is 0 Å². The first-order valence-electron chi connectivity index (χ1n) is 8.88. The van der Waals surface area contributed by atoms with E-state index in [4.69, 9.17) is 14.3 Å². The predicted octanol–water partition coefficient (Wildman–Crippen LogP) is 0.0799. The smallest absolute Gasteiger partial charge is 0.264 e. The van der Waals surface area contributed by atoms with Crippen molar-refractivity contribution in [2.45, 2.75) is 38.0 Å². The highest BCUT2D eigenvalue weighted by Gasteiger charge is 2.35. The second kappa shape index (κ2) is 8.05. The Kier molecular flexibility index (Phi) is 5.94. The zero-order valence-corrected chi connectivity index (χ0v) is 16.2. The van der Waals surface area contributed by atoms with Gasteiger partial charge in [0.1, 0.15) is 17.7 Å². The molecule has 1 aromatic heterocycles. The fourth-order valence-corrected chi connectivity index (χ4v) is 3.86. The van der Waals surface area contributed by atoms with Gasteiger partial charge in [-0.1, -0.05) is 0 Å². The van der Waals surface area contributed by atoms with Gasteiger partial charge in [-0.05, 0) is 19.8 Å².